The lowest BCUT2D eigenvalue weighted by Crippen LogP contribution is -2.42. The summed E-state index contributed by atoms with van der Waals surface area (Å²) in [6.07, 6.45) is 2.40. The molecule has 142 valence electrons. The van der Waals surface area contributed by atoms with E-state index in [0.717, 1.165) is 12.2 Å². The van der Waals surface area contributed by atoms with Crippen LogP contribution in [0.15, 0.2) is 46.0 Å². The second-order valence-electron chi connectivity index (χ2n) is 5.47. The van der Waals surface area contributed by atoms with Crippen molar-refractivity contribution in [2.45, 2.75) is 13.3 Å². The molecule has 0 aliphatic rings. The van der Waals surface area contributed by atoms with E-state index in [9.17, 15) is 9.18 Å². The molecule has 0 saturated carbocycles. The summed E-state index contributed by atoms with van der Waals surface area (Å²) in [6, 6.07) is 8.21. The Morgan fingerprint density at radius 3 is 2.54 bits per heavy atom. The van der Waals surface area contributed by atoms with Gasteiger partial charge in [0.1, 0.15) is 11.6 Å². The van der Waals surface area contributed by atoms with E-state index in [1.54, 1.807) is 32.4 Å². The molecule has 1 heterocycles. The molecule has 2 aromatic rings. The molecular formula is C18H24FIN4O2. The molecular weight excluding hydrogens is 450 g/mol. The molecule has 1 aromatic carbocycles. The van der Waals surface area contributed by atoms with Crippen molar-refractivity contribution in [2.24, 2.45) is 4.99 Å². The summed E-state index contributed by atoms with van der Waals surface area (Å²) in [4.78, 5) is 16.1. The number of guanidine groups is 1. The fraction of sp³-hybridized carbons (Fsp3) is 0.333. The second-order valence-corrected chi connectivity index (χ2v) is 5.47. The van der Waals surface area contributed by atoms with Crippen LogP contribution in [0.2, 0.25) is 0 Å². The van der Waals surface area contributed by atoms with Gasteiger partial charge in [-0.2, -0.15) is 0 Å². The Labute approximate surface area is 169 Å². The molecule has 0 atom stereocenters. The number of aliphatic imine (C=N–C) groups is 1. The van der Waals surface area contributed by atoms with E-state index in [1.165, 1.54) is 6.07 Å². The van der Waals surface area contributed by atoms with Crippen molar-refractivity contribution in [1.82, 2.24) is 16.0 Å². The van der Waals surface area contributed by atoms with Crippen molar-refractivity contribution in [3.63, 3.8) is 0 Å². The third-order valence-electron chi connectivity index (χ3n) is 3.60. The summed E-state index contributed by atoms with van der Waals surface area (Å²) in [5.74, 6) is 0.858. The van der Waals surface area contributed by atoms with Crippen LogP contribution >= 0.6 is 24.0 Å². The van der Waals surface area contributed by atoms with Gasteiger partial charge < -0.3 is 20.4 Å². The quantitative estimate of drug-likeness (QED) is 0.250. The van der Waals surface area contributed by atoms with Crippen molar-refractivity contribution in [2.75, 3.05) is 26.7 Å². The molecule has 1 aromatic heterocycles. The van der Waals surface area contributed by atoms with Crippen LogP contribution in [0.3, 0.4) is 0 Å². The number of carbonyl (C=O) groups excluding carboxylic acids is 1. The number of amides is 1. The molecule has 1 amide bonds. The number of benzene rings is 1. The molecule has 6 nitrogen and oxygen atoms in total. The Bertz CT molecular complexity index is 720. The van der Waals surface area contributed by atoms with Crippen LogP contribution in [-0.4, -0.2) is 38.5 Å². The Hall–Kier alpha value is -2.10. The van der Waals surface area contributed by atoms with Gasteiger partial charge in [-0.05, 0) is 36.8 Å². The fourth-order valence-electron chi connectivity index (χ4n) is 2.17. The summed E-state index contributed by atoms with van der Waals surface area (Å²) in [5.41, 5.74) is 0.826. The molecule has 0 bridgehead atoms. The van der Waals surface area contributed by atoms with Gasteiger partial charge in [-0.15, -0.1) is 24.0 Å². The molecule has 0 fully saturated rings. The maximum atomic E-state index is 13.5. The molecule has 0 radical (unpaired) electrons. The lowest BCUT2D eigenvalue weighted by atomic mass is 10.1. The number of aryl methyl sites for hydroxylation is 1. The molecule has 26 heavy (non-hydrogen) atoms. The predicted octanol–water partition coefficient (Wildman–Crippen LogP) is 2.48. The molecule has 0 spiro atoms. The highest BCUT2D eigenvalue weighted by molar-refractivity contribution is 14.0. The van der Waals surface area contributed by atoms with E-state index in [1.807, 2.05) is 12.1 Å². The van der Waals surface area contributed by atoms with Crippen molar-refractivity contribution in [3.05, 3.63) is 59.3 Å². The van der Waals surface area contributed by atoms with Crippen LogP contribution in [0.4, 0.5) is 4.39 Å². The Balaban J connectivity index is 0.00000338. The van der Waals surface area contributed by atoms with E-state index < -0.39 is 0 Å². The van der Waals surface area contributed by atoms with Gasteiger partial charge in [-0.25, -0.2) is 4.39 Å². The van der Waals surface area contributed by atoms with E-state index in [4.69, 9.17) is 4.42 Å². The second kappa shape index (κ2) is 11.5. The highest BCUT2D eigenvalue weighted by atomic mass is 127. The summed E-state index contributed by atoms with van der Waals surface area (Å²) in [6.45, 7) is 3.24. The van der Waals surface area contributed by atoms with Gasteiger partial charge in [0.25, 0.3) is 5.91 Å². The molecule has 3 N–H and O–H groups in total. The first kappa shape index (κ1) is 21.9. The first-order valence-electron chi connectivity index (χ1n) is 8.11. The van der Waals surface area contributed by atoms with Crippen LogP contribution in [-0.2, 0) is 6.42 Å². The monoisotopic (exact) mass is 474 g/mol. The number of furan rings is 1. The summed E-state index contributed by atoms with van der Waals surface area (Å²) in [7, 11) is 1.68. The van der Waals surface area contributed by atoms with Gasteiger partial charge >= 0.3 is 0 Å². The predicted molar refractivity (Wildman–Crippen MR) is 111 cm³/mol. The van der Waals surface area contributed by atoms with Crippen LogP contribution < -0.4 is 16.0 Å². The van der Waals surface area contributed by atoms with Gasteiger partial charge in [0.15, 0.2) is 5.96 Å². The molecule has 0 unspecified atom stereocenters. The largest absolute Gasteiger partial charge is 0.469 e. The average Bonchev–Trinajstić information content (AvgIpc) is 3.12. The standard InChI is InChI=1S/C18H23FN4O2.HI/c1-13-5-6-14(12-16(13)19)17(24)21-9-10-23-18(20-2)22-8-7-15-4-3-11-25-15;/h3-6,11-12H,7-10H2,1-2H3,(H,21,24)(H2,20,22,23);1H. The molecule has 2 rings (SSSR count). The number of nitrogens with zero attached hydrogens (tertiary/aromatic N) is 1. The molecule has 8 heteroatoms. The lowest BCUT2D eigenvalue weighted by Gasteiger charge is -2.12. The SMILES string of the molecule is CN=C(NCCNC(=O)c1ccc(C)c(F)c1)NCCc1ccco1.I. The van der Waals surface area contributed by atoms with Crippen molar-refractivity contribution < 1.29 is 13.6 Å². The van der Waals surface area contributed by atoms with Crippen molar-refractivity contribution in [3.8, 4) is 0 Å². The first-order valence-corrected chi connectivity index (χ1v) is 8.11. The van der Waals surface area contributed by atoms with Crippen molar-refractivity contribution >= 4 is 35.8 Å². The van der Waals surface area contributed by atoms with Crippen LogP contribution in [0, 0.1) is 12.7 Å². The Morgan fingerprint density at radius 1 is 1.15 bits per heavy atom. The summed E-state index contributed by atoms with van der Waals surface area (Å²) in [5, 5.41) is 8.99. The molecule has 0 aliphatic heterocycles. The minimum atomic E-state index is -0.382. The maximum Gasteiger partial charge on any atom is 0.251 e. The third-order valence-corrected chi connectivity index (χ3v) is 3.60. The highest BCUT2D eigenvalue weighted by Crippen LogP contribution is 2.08. The Morgan fingerprint density at radius 2 is 1.88 bits per heavy atom. The number of rotatable bonds is 7. The number of nitrogens with one attached hydrogen (secondary N) is 3. The summed E-state index contributed by atoms with van der Waals surface area (Å²) >= 11 is 0. The first-order chi connectivity index (χ1) is 12.1. The van der Waals surface area contributed by atoms with Gasteiger partial charge in [-0.3, -0.25) is 9.79 Å². The zero-order valence-corrected chi connectivity index (χ0v) is 17.2. The number of halogens is 2. The smallest absolute Gasteiger partial charge is 0.251 e. The minimum absolute atomic E-state index is 0. The highest BCUT2D eigenvalue weighted by Gasteiger charge is 2.07. The Kier molecular flexibility index (Phi) is 9.71. The van der Waals surface area contributed by atoms with Gasteiger partial charge in [0.2, 0.25) is 0 Å². The van der Waals surface area contributed by atoms with Gasteiger partial charge in [-0.1, -0.05) is 6.07 Å². The zero-order valence-electron chi connectivity index (χ0n) is 14.8. The third kappa shape index (κ3) is 7.03. The van der Waals surface area contributed by atoms with E-state index in [-0.39, 0.29) is 35.7 Å². The summed E-state index contributed by atoms with van der Waals surface area (Å²) < 4.78 is 18.7. The van der Waals surface area contributed by atoms with E-state index in [0.29, 0.717) is 36.7 Å². The molecule has 0 aliphatic carbocycles. The minimum Gasteiger partial charge on any atom is -0.469 e. The lowest BCUT2D eigenvalue weighted by molar-refractivity contribution is 0.0954. The number of hydrogen-bond acceptors (Lipinski definition) is 3. The van der Waals surface area contributed by atoms with Crippen LogP contribution in [0.5, 0.6) is 0 Å². The number of hydrogen-bond donors (Lipinski definition) is 3. The topological polar surface area (TPSA) is 78.7 Å². The normalized spacial score (nSPS) is 10.8. The zero-order chi connectivity index (χ0) is 18.1. The average molecular weight is 474 g/mol. The van der Waals surface area contributed by atoms with E-state index >= 15 is 0 Å². The van der Waals surface area contributed by atoms with E-state index in [2.05, 4.69) is 20.9 Å². The maximum absolute atomic E-state index is 13.5. The van der Waals surface area contributed by atoms with Crippen molar-refractivity contribution in [1.29, 1.82) is 0 Å². The molecule has 0 saturated heterocycles. The number of carbonyl (C=O) groups is 1. The van der Waals surface area contributed by atoms with Crippen LogP contribution in [0.1, 0.15) is 21.7 Å². The fourth-order valence-corrected chi connectivity index (χ4v) is 2.17. The van der Waals surface area contributed by atoms with Gasteiger partial charge in [0.05, 0.1) is 6.26 Å². The van der Waals surface area contributed by atoms with Crippen LogP contribution in [0.25, 0.3) is 0 Å². The van der Waals surface area contributed by atoms with Gasteiger partial charge in [0, 0.05) is 38.7 Å².